The number of hydrogen-bond acceptors (Lipinski definition) is 2. The third-order valence-electron chi connectivity index (χ3n) is 2.91. The van der Waals surface area contributed by atoms with Gasteiger partial charge in [-0.1, -0.05) is 23.8 Å². The second-order valence-corrected chi connectivity index (χ2v) is 4.80. The van der Waals surface area contributed by atoms with Gasteiger partial charge in [0.15, 0.2) is 0 Å². The standard InChI is InChI=1S/C15H22O2/c1-11(2)5-4-6-13(10-16)14-8-7-12(3)9-15(14)17/h5,7-9,13,16-17H,4,6,10H2,1-3H3/t13-/m0/s1. The van der Waals surface area contributed by atoms with Crippen LogP contribution in [0.5, 0.6) is 5.75 Å². The zero-order valence-electron chi connectivity index (χ0n) is 10.9. The van der Waals surface area contributed by atoms with E-state index in [0.717, 1.165) is 24.0 Å². The van der Waals surface area contributed by atoms with Gasteiger partial charge in [-0.3, -0.25) is 0 Å². The van der Waals surface area contributed by atoms with Crippen molar-refractivity contribution in [2.45, 2.75) is 39.5 Å². The van der Waals surface area contributed by atoms with Crippen molar-refractivity contribution in [1.82, 2.24) is 0 Å². The van der Waals surface area contributed by atoms with Crippen molar-refractivity contribution in [1.29, 1.82) is 0 Å². The van der Waals surface area contributed by atoms with Crippen LogP contribution in [0.3, 0.4) is 0 Å². The molecule has 0 saturated heterocycles. The highest BCUT2D eigenvalue weighted by Gasteiger charge is 2.13. The summed E-state index contributed by atoms with van der Waals surface area (Å²) in [6, 6.07) is 5.63. The van der Waals surface area contributed by atoms with E-state index in [9.17, 15) is 10.2 Å². The van der Waals surface area contributed by atoms with Crippen molar-refractivity contribution in [2.75, 3.05) is 6.61 Å². The zero-order valence-corrected chi connectivity index (χ0v) is 10.9. The molecule has 1 atom stereocenters. The van der Waals surface area contributed by atoms with Gasteiger partial charge < -0.3 is 10.2 Å². The zero-order chi connectivity index (χ0) is 12.8. The summed E-state index contributed by atoms with van der Waals surface area (Å²) in [4.78, 5) is 0. The summed E-state index contributed by atoms with van der Waals surface area (Å²) >= 11 is 0. The van der Waals surface area contributed by atoms with Crippen molar-refractivity contribution >= 4 is 0 Å². The van der Waals surface area contributed by atoms with E-state index >= 15 is 0 Å². The van der Waals surface area contributed by atoms with E-state index in [2.05, 4.69) is 19.9 Å². The Morgan fingerprint density at radius 1 is 1.35 bits per heavy atom. The summed E-state index contributed by atoms with van der Waals surface area (Å²) in [7, 11) is 0. The molecule has 0 aromatic heterocycles. The fourth-order valence-corrected chi connectivity index (χ4v) is 1.92. The number of aliphatic hydroxyl groups is 1. The van der Waals surface area contributed by atoms with Crippen LogP contribution in [-0.2, 0) is 0 Å². The highest BCUT2D eigenvalue weighted by molar-refractivity contribution is 5.38. The van der Waals surface area contributed by atoms with E-state index in [1.807, 2.05) is 19.1 Å². The number of phenolic OH excluding ortho intramolecular Hbond substituents is 1. The Hall–Kier alpha value is -1.28. The first-order valence-corrected chi connectivity index (χ1v) is 6.08. The molecule has 0 saturated carbocycles. The smallest absolute Gasteiger partial charge is 0.119 e. The molecule has 0 bridgehead atoms. The Labute approximate surface area is 104 Å². The van der Waals surface area contributed by atoms with E-state index in [-0.39, 0.29) is 12.5 Å². The van der Waals surface area contributed by atoms with E-state index in [0.29, 0.717) is 5.75 Å². The lowest BCUT2D eigenvalue weighted by Crippen LogP contribution is -2.04. The maximum atomic E-state index is 9.87. The van der Waals surface area contributed by atoms with Crippen LogP contribution in [0.1, 0.15) is 43.7 Å². The molecule has 17 heavy (non-hydrogen) atoms. The molecule has 0 unspecified atom stereocenters. The number of aryl methyl sites for hydroxylation is 1. The Bertz CT molecular complexity index is 390. The van der Waals surface area contributed by atoms with Crippen molar-refractivity contribution < 1.29 is 10.2 Å². The maximum absolute atomic E-state index is 9.87. The molecule has 0 aliphatic carbocycles. The van der Waals surface area contributed by atoms with Crippen LogP contribution in [0.4, 0.5) is 0 Å². The molecule has 0 radical (unpaired) electrons. The average Bonchev–Trinajstić information content (AvgIpc) is 2.25. The van der Waals surface area contributed by atoms with Crippen LogP contribution in [0.15, 0.2) is 29.8 Å². The van der Waals surface area contributed by atoms with Gasteiger partial charge in [0, 0.05) is 5.92 Å². The minimum absolute atomic E-state index is 0.0196. The Morgan fingerprint density at radius 2 is 2.06 bits per heavy atom. The number of aromatic hydroxyl groups is 1. The minimum atomic E-state index is 0.0196. The first-order valence-electron chi connectivity index (χ1n) is 6.08. The third-order valence-corrected chi connectivity index (χ3v) is 2.91. The van der Waals surface area contributed by atoms with Gasteiger partial charge in [0.1, 0.15) is 5.75 Å². The minimum Gasteiger partial charge on any atom is -0.508 e. The monoisotopic (exact) mass is 234 g/mol. The van der Waals surface area contributed by atoms with Gasteiger partial charge in [-0.05, 0) is 50.8 Å². The molecule has 1 rings (SSSR count). The summed E-state index contributed by atoms with van der Waals surface area (Å²) in [5.41, 5.74) is 3.17. The second-order valence-electron chi connectivity index (χ2n) is 4.80. The topological polar surface area (TPSA) is 40.5 Å². The SMILES string of the molecule is CC(C)=CCC[C@@H](CO)c1ccc(C)cc1O. The summed E-state index contributed by atoms with van der Waals surface area (Å²) in [5, 5.41) is 19.3. The van der Waals surface area contributed by atoms with Gasteiger partial charge in [0.2, 0.25) is 0 Å². The van der Waals surface area contributed by atoms with Crippen LogP contribution >= 0.6 is 0 Å². The lowest BCUT2D eigenvalue weighted by atomic mass is 9.93. The molecule has 0 spiro atoms. The predicted octanol–water partition coefficient (Wildman–Crippen LogP) is 3.52. The number of phenols is 1. The Balaban J connectivity index is 2.76. The molecular weight excluding hydrogens is 212 g/mol. The maximum Gasteiger partial charge on any atom is 0.119 e. The lowest BCUT2D eigenvalue weighted by Gasteiger charge is -2.15. The number of aliphatic hydroxyl groups excluding tert-OH is 1. The molecule has 0 aliphatic rings. The summed E-state index contributed by atoms with van der Waals surface area (Å²) in [6.07, 6.45) is 3.95. The number of benzene rings is 1. The van der Waals surface area contributed by atoms with Crippen molar-refractivity contribution in [2.24, 2.45) is 0 Å². The van der Waals surface area contributed by atoms with Crippen molar-refractivity contribution in [3.63, 3.8) is 0 Å². The predicted molar refractivity (Wildman–Crippen MR) is 71.3 cm³/mol. The fourth-order valence-electron chi connectivity index (χ4n) is 1.92. The molecule has 94 valence electrons. The average molecular weight is 234 g/mol. The molecule has 2 N–H and O–H groups in total. The third kappa shape index (κ3) is 4.23. The summed E-state index contributed by atoms with van der Waals surface area (Å²) in [5.74, 6) is 0.312. The van der Waals surface area contributed by atoms with Crippen molar-refractivity contribution in [3.8, 4) is 5.75 Å². The Kier molecular flexibility index (Phi) is 5.23. The van der Waals surface area contributed by atoms with Gasteiger partial charge in [-0.15, -0.1) is 0 Å². The van der Waals surface area contributed by atoms with Gasteiger partial charge in [-0.2, -0.15) is 0 Å². The van der Waals surface area contributed by atoms with Gasteiger partial charge in [0.25, 0.3) is 0 Å². The van der Waals surface area contributed by atoms with Crippen LogP contribution in [0, 0.1) is 6.92 Å². The quantitative estimate of drug-likeness (QED) is 0.765. The summed E-state index contributed by atoms with van der Waals surface area (Å²) < 4.78 is 0. The van der Waals surface area contributed by atoms with E-state index < -0.39 is 0 Å². The normalized spacial score (nSPS) is 12.2. The van der Waals surface area contributed by atoms with Gasteiger partial charge in [-0.25, -0.2) is 0 Å². The molecule has 0 heterocycles. The van der Waals surface area contributed by atoms with E-state index in [4.69, 9.17) is 0 Å². The number of rotatable bonds is 5. The van der Waals surface area contributed by atoms with E-state index in [1.165, 1.54) is 5.57 Å². The molecule has 2 nitrogen and oxygen atoms in total. The van der Waals surface area contributed by atoms with Crippen LogP contribution in [-0.4, -0.2) is 16.8 Å². The molecule has 0 amide bonds. The first kappa shape index (κ1) is 13.8. The molecule has 1 aromatic carbocycles. The highest BCUT2D eigenvalue weighted by atomic mass is 16.3. The molecule has 1 aromatic rings. The first-order chi connectivity index (χ1) is 8.04. The number of hydrogen-bond donors (Lipinski definition) is 2. The highest BCUT2D eigenvalue weighted by Crippen LogP contribution is 2.29. The van der Waals surface area contributed by atoms with Crippen LogP contribution in [0.25, 0.3) is 0 Å². The molecule has 0 fully saturated rings. The molecular formula is C15H22O2. The summed E-state index contributed by atoms with van der Waals surface area (Å²) in [6.45, 7) is 6.16. The molecule has 0 aliphatic heterocycles. The van der Waals surface area contributed by atoms with E-state index in [1.54, 1.807) is 6.07 Å². The second kappa shape index (κ2) is 6.45. The Morgan fingerprint density at radius 3 is 2.59 bits per heavy atom. The largest absolute Gasteiger partial charge is 0.508 e. The van der Waals surface area contributed by atoms with Crippen LogP contribution in [0.2, 0.25) is 0 Å². The lowest BCUT2D eigenvalue weighted by molar-refractivity contribution is 0.257. The van der Waals surface area contributed by atoms with Crippen molar-refractivity contribution in [3.05, 3.63) is 41.0 Å². The fraction of sp³-hybridized carbons (Fsp3) is 0.467. The van der Waals surface area contributed by atoms with Gasteiger partial charge >= 0.3 is 0 Å². The van der Waals surface area contributed by atoms with Crippen LogP contribution < -0.4 is 0 Å². The molecule has 2 heteroatoms. The number of allylic oxidation sites excluding steroid dienone is 2. The van der Waals surface area contributed by atoms with Gasteiger partial charge in [0.05, 0.1) is 6.61 Å².